The molecule has 0 spiro atoms. The van der Waals surface area contributed by atoms with Crippen molar-refractivity contribution in [2.75, 3.05) is 6.54 Å². The van der Waals surface area contributed by atoms with E-state index in [1.165, 1.54) is 0 Å². The minimum atomic E-state index is -0.833. The normalized spacial score (nSPS) is 25.6. The van der Waals surface area contributed by atoms with Crippen molar-refractivity contribution in [1.29, 1.82) is 0 Å². The molecule has 1 aromatic heterocycles. The Morgan fingerprint density at radius 2 is 2.10 bits per heavy atom. The number of hydrogen-bond donors (Lipinski definition) is 1. The number of thiophene rings is 1. The highest BCUT2D eigenvalue weighted by Crippen LogP contribution is 2.37. The molecule has 1 aliphatic rings. The summed E-state index contributed by atoms with van der Waals surface area (Å²) in [5.74, 6) is -1.40. The highest BCUT2D eigenvalue weighted by Gasteiger charge is 2.42. The molecule has 1 aromatic rings. The Balaban J connectivity index is 2.09. The smallest absolute Gasteiger partial charge is 0.307 e. The van der Waals surface area contributed by atoms with E-state index in [-0.39, 0.29) is 11.8 Å². The van der Waals surface area contributed by atoms with Crippen molar-refractivity contribution in [1.82, 2.24) is 4.90 Å². The second-order valence-corrected chi connectivity index (χ2v) is 6.59. The van der Waals surface area contributed by atoms with Crippen molar-refractivity contribution < 1.29 is 14.7 Å². The molecule has 0 radical (unpaired) electrons. The lowest BCUT2D eigenvalue weighted by molar-refractivity contribution is -0.149. The number of hydrogen-bond acceptors (Lipinski definition) is 3. The van der Waals surface area contributed by atoms with Gasteiger partial charge in [-0.05, 0) is 37.1 Å². The van der Waals surface area contributed by atoms with Crippen LogP contribution in [0.25, 0.3) is 0 Å². The van der Waals surface area contributed by atoms with Crippen LogP contribution >= 0.6 is 11.3 Å². The predicted molar refractivity (Wildman–Crippen MR) is 78.4 cm³/mol. The Kier molecular flexibility index (Phi) is 4.81. The largest absolute Gasteiger partial charge is 0.481 e. The van der Waals surface area contributed by atoms with Crippen molar-refractivity contribution in [3.63, 3.8) is 0 Å². The summed E-state index contributed by atoms with van der Waals surface area (Å²) in [6, 6.07) is 3.97. The number of aliphatic carboxylic acids is 1. The van der Waals surface area contributed by atoms with E-state index in [4.69, 9.17) is 0 Å². The standard InChI is InChI=1S/C15H21NO3S/c1-3-16(9-11-5-4-6-20-11)14(17)12-7-10(2)8-13(12)15(18)19/h4-6,10,12-13H,3,7-9H2,1-2H3,(H,18,19). The lowest BCUT2D eigenvalue weighted by Gasteiger charge is -2.25. The average Bonchev–Trinajstić information content (AvgIpc) is 3.04. The van der Waals surface area contributed by atoms with Crippen LogP contribution in [0.1, 0.15) is 31.6 Å². The van der Waals surface area contributed by atoms with E-state index >= 15 is 0 Å². The molecule has 0 aromatic carbocycles. The molecule has 3 atom stereocenters. The second-order valence-electron chi connectivity index (χ2n) is 5.56. The molecule has 1 aliphatic carbocycles. The molecular weight excluding hydrogens is 274 g/mol. The lowest BCUT2D eigenvalue weighted by Crippen LogP contribution is -2.38. The van der Waals surface area contributed by atoms with Crippen LogP contribution < -0.4 is 0 Å². The minimum Gasteiger partial charge on any atom is -0.481 e. The van der Waals surface area contributed by atoms with E-state index in [1.54, 1.807) is 16.2 Å². The number of nitrogens with zero attached hydrogens (tertiary/aromatic N) is 1. The molecule has 110 valence electrons. The third kappa shape index (κ3) is 3.20. The van der Waals surface area contributed by atoms with Crippen LogP contribution in [0.5, 0.6) is 0 Å². The van der Waals surface area contributed by atoms with Crippen LogP contribution in [-0.2, 0) is 16.1 Å². The van der Waals surface area contributed by atoms with Crippen molar-refractivity contribution in [3.05, 3.63) is 22.4 Å². The molecule has 3 unspecified atom stereocenters. The van der Waals surface area contributed by atoms with Gasteiger partial charge in [0.25, 0.3) is 0 Å². The quantitative estimate of drug-likeness (QED) is 0.908. The van der Waals surface area contributed by atoms with Gasteiger partial charge in [-0.25, -0.2) is 0 Å². The molecule has 20 heavy (non-hydrogen) atoms. The number of carbonyl (C=O) groups is 2. The third-order valence-corrected chi connectivity index (χ3v) is 4.91. The van der Waals surface area contributed by atoms with Gasteiger partial charge in [0, 0.05) is 11.4 Å². The fourth-order valence-electron chi connectivity index (χ4n) is 3.01. The fraction of sp³-hybridized carbons (Fsp3) is 0.600. The molecule has 1 saturated carbocycles. The Labute approximate surface area is 123 Å². The molecule has 1 fully saturated rings. The summed E-state index contributed by atoms with van der Waals surface area (Å²) < 4.78 is 0. The van der Waals surface area contributed by atoms with Gasteiger partial charge in [-0.2, -0.15) is 0 Å². The predicted octanol–water partition coefficient (Wildman–Crippen LogP) is 2.84. The molecule has 0 saturated heterocycles. The molecule has 4 nitrogen and oxygen atoms in total. The van der Waals surface area contributed by atoms with Gasteiger partial charge in [0.1, 0.15) is 0 Å². The van der Waals surface area contributed by atoms with E-state index < -0.39 is 11.9 Å². The first-order valence-electron chi connectivity index (χ1n) is 7.06. The Bertz CT molecular complexity index is 471. The topological polar surface area (TPSA) is 57.6 Å². The van der Waals surface area contributed by atoms with Gasteiger partial charge in [-0.1, -0.05) is 13.0 Å². The van der Waals surface area contributed by atoms with E-state index in [9.17, 15) is 14.7 Å². The van der Waals surface area contributed by atoms with Gasteiger partial charge in [-0.3, -0.25) is 9.59 Å². The van der Waals surface area contributed by atoms with Crippen LogP contribution in [0.15, 0.2) is 17.5 Å². The zero-order chi connectivity index (χ0) is 14.7. The number of rotatable bonds is 5. The average molecular weight is 295 g/mol. The summed E-state index contributed by atoms with van der Waals surface area (Å²) in [5, 5.41) is 11.3. The first-order valence-corrected chi connectivity index (χ1v) is 7.94. The lowest BCUT2D eigenvalue weighted by atomic mass is 9.94. The molecule has 1 N–H and O–H groups in total. The molecule has 1 amide bonds. The summed E-state index contributed by atoms with van der Waals surface area (Å²) >= 11 is 1.62. The van der Waals surface area contributed by atoms with Crippen molar-refractivity contribution >= 4 is 23.2 Å². The Morgan fingerprint density at radius 3 is 2.65 bits per heavy atom. The molecule has 0 aliphatic heterocycles. The van der Waals surface area contributed by atoms with Gasteiger partial charge in [-0.15, -0.1) is 11.3 Å². The fourth-order valence-corrected chi connectivity index (χ4v) is 3.73. The van der Waals surface area contributed by atoms with Crippen molar-refractivity contribution in [2.45, 2.75) is 33.2 Å². The second kappa shape index (κ2) is 6.39. The van der Waals surface area contributed by atoms with E-state index in [2.05, 4.69) is 0 Å². The Morgan fingerprint density at radius 1 is 1.40 bits per heavy atom. The molecular formula is C15H21NO3S. The first kappa shape index (κ1) is 15.0. The van der Waals surface area contributed by atoms with Crippen LogP contribution in [0.3, 0.4) is 0 Å². The summed E-state index contributed by atoms with van der Waals surface area (Å²) in [6.07, 6.45) is 1.30. The molecule has 5 heteroatoms. The van der Waals surface area contributed by atoms with Crippen LogP contribution in [0.2, 0.25) is 0 Å². The SMILES string of the molecule is CCN(Cc1cccs1)C(=O)C1CC(C)CC1C(=O)O. The number of amides is 1. The first-order chi connectivity index (χ1) is 9.52. The number of carbonyl (C=O) groups excluding carboxylic acids is 1. The molecule has 0 bridgehead atoms. The van der Waals surface area contributed by atoms with E-state index in [0.717, 1.165) is 4.88 Å². The summed E-state index contributed by atoms with van der Waals surface area (Å²) in [5.41, 5.74) is 0. The van der Waals surface area contributed by atoms with Gasteiger partial charge < -0.3 is 10.0 Å². The van der Waals surface area contributed by atoms with Crippen LogP contribution in [0.4, 0.5) is 0 Å². The summed E-state index contributed by atoms with van der Waals surface area (Å²) in [4.78, 5) is 26.9. The zero-order valence-electron chi connectivity index (χ0n) is 11.9. The number of carboxylic acid groups (broad SMARTS) is 1. The van der Waals surface area contributed by atoms with E-state index in [1.807, 2.05) is 31.4 Å². The maximum absolute atomic E-state index is 12.6. The van der Waals surface area contributed by atoms with Crippen LogP contribution in [0, 0.1) is 17.8 Å². The van der Waals surface area contributed by atoms with Crippen molar-refractivity contribution in [2.24, 2.45) is 17.8 Å². The number of carboxylic acids is 1. The minimum absolute atomic E-state index is 0.00218. The summed E-state index contributed by atoms with van der Waals surface area (Å²) in [6.45, 7) is 5.18. The third-order valence-electron chi connectivity index (χ3n) is 4.05. The van der Waals surface area contributed by atoms with E-state index in [0.29, 0.717) is 31.8 Å². The molecule has 1 heterocycles. The molecule has 2 rings (SSSR count). The summed E-state index contributed by atoms with van der Waals surface area (Å²) in [7, 11) is 0. The van der Waals surface area contributed by atoms with Gasteiger partial charge in [0.05, 0.1) is 18.4 Å². The van der Waals surface area contributed by atoms with Crippen LogP contribution in [-0.4, -0.2) is 28.4 Å². The van der Waals surface area contributed by atoms with Crippen molar-refractivity contribution in [3.8, 4) is 0 Å². The maximum Gasteiger partial charge on any atom is 0.307 e. The maximum atomic E-state index is 12.6. The zero-order valence-corrected chi connectivity index (χ0v) is 12.7. The monoisotopic (exact) mass is 295 g/mol. The highest BCUT2D eigenvalue weighted by molar-refractivity contribution is 7.09. The van der Waals surface area contributed by atoms with Gasteiger partial charge in [0.2, 0.25) is 5.91 Å². The van der Waals surface area contributed by atoms with Gasteiger partial charge in [0.15, 0.2) is 0 Å². The highest BCUT2D eigenvalue weighted by atomic mass is 32.1. The van der Waals surface area contributed by atoms with Gasteiger partial charge >= 0.3 is 5.97 Å². The Hall–Kier alpha value is -1.36.